The number of hydrogen-bond donors (Lipinski definition) is 2. The second-order valence-corrected chi connectivity index (χ2v) is 6.71. The van der Waals surface area contributed by atoms with Gasteiger partial charge in [0, 0.05) is 39.7 Å². The molecule has 1 saturated heterocycles. The number of aliphatic imine (C=N–C) groups is 1. The van der Waals surface area contributed by atoms with Crippen LogP contribution in [0.4, 0.5) is 0 Å². The lowest BCUT2D eigenvalue weighted by Crippen LogP contribution is -2.47. The molecule has 26 heavy (non-hydrogen) atoms. The van der Waals surface area contributed by atoms with Crippen LogP contribution < -0.4 is 15.4 Å². The Bertz CT molecular complexity index is 559. The topological polar surface area (TPSA) is 58.1 Å². The Kier molecular flexibility index (Phi) is 8.94. The Hall–Kier alpha value is -1.06. The molecule has 1 aromatic rings. The van der Waals surface area contributed by atoms with E-state index in [2.05, 4.69) is 32.7 Å². The second-order valence-electron chi connectivity index (χ2n) is 6.71. The Morgan fingerprint density at radius 3 is 2.88 bits per heavy atom. The van der Waals surface area contributed by atoms with Crippen LogP contribution in [-0.2, 0) is 11.2 Å². The van der Waals surface area contributed by atoms with E-state index < -0.39 is 0 Å². The highest BCUT2D eigenvalue weighted by molar-refractivity contribution is 14.0. The highest BCUT2D eigenvalue weighted by Gasteiger charge is 2.25. The minimum atomic E-state index is 0. The van der Waals surface area contributed by atoms with Gasteiger partial charge in [-0.05, 0) is 31.0 Å². The Labute approximate surface area is 173 Å². The van der Waals surface area contributed by atoms with E-state index in [-0.39, 0.29) is 30.1 Å². The van der Waals surface area contributed by atoms with Gasteiger partial charge in [-0.25, -0.2) is 0 Å². The molecule has 2 aliphatic rings. The number of methoxy groups -OCH3 is 1. The molecular weight excluding hydrogens is 443 g/mol. The molecule has 2 N–H and O–H groups in total. The van der Waals surface area contributed by atoms with Crippen LogP contribution in [-0.4, -0.2) is 69.9 Å². The SMILES string of the molecule is CN=C(NCC1Cc2ccccc2O1)NCC1CCCN1CCOC.I. The Balaban J connectivity index is 0.00000243. The van der Waals surface area contributed by atoms with Gasteiger partial charge in [0.2, 0.25) is 0 Å². The first-order chi connectivity index (χ1) is 12.3. The average molecular weight is 474 g/mol. The maximum atomic E-state index is 5.97. The summed E-state index contributed by atoms with van der Waals surface area (Å²) >= 11 is 0. The molecule has 3 rings (SSSR count). The summed E-state index contributed by atoms with van der Waals surface area (Å²) in [5, 5.41) is 6.86. The van der Waals surface area contributed by atoms with Crippen LogP contribution in [0.25, 0.3) is 0 Å². The zero-order valence-electron chi connectivity index (χ0n) is 15.7. The largest absolute Gasteiger partial charge is 0.488 e. The predicted octanol–water partition coefficient (Wildman–Crippen LogP) is 1.88. The van der Waals surface area contributed by atoms with Crippen molar-refractivity contribution in [1.82, 2.24) is 15.5 Å². The summed E-state index contributed by atoms with van der Waals surface area (Å²) in [7, 11) is 3.58. The minimum Gasteiger partial charge on any atom is -0.488 e. The number of nitrogens with zero attached hydrogens (tertiary/aromatic N) is 2. The van der Waals surface area contributed by atoms with Crippen LogP contribution in [0.5, 0.6) is 5.75 Å². The van der Waals surface area contributed by atoms with Crippen molar-refractivity contribution >= 4 is 29.9 Å². The van der Waals surface area contributed by atoms with Gasteiger partial charge in [-0.2, -0.15) is 0 Å². The molecule has 0 aliphatic carbocycles. The summed E-state index contributed by atoms with van der Waals surface area (Å²) in [5.74, 6) is 1.86. The molecular formula is C19H31IN4O2. The van der Waals surface area contributed by atoms with E-state index in [1.54, 1.807) is 7.11 Å². The van der Waals surface area contributed by atoms with Crippen molar-refractivity contribution in [3.05, 3.63) is 29.8 Å². The summed E-state index contributed by atoms with van der Waals surface area (Å²) in [5.41, 5.74) is 1.29. The third-order valence-corrected chi connectivity index (χ3v) is 5.02. The minimum absolute atomic E-state index is 0. The number of halogens is 1. The van der Waals surface area contributed by atoms with Gasteiger partial charge in [-0.1, -0.05) is 18.2 Å². The number of rotatable bonds is 7. The number of guanidine groups is 1. The zero-order chi connectivity index (χ0) is 17.5. The number of para-hydroxylation sites is 1. The van der Waals surface area contributed by atoms with Crippen LogP contribution in [0.1, 0.15) is 18.4 Å². The summed E-state index contributed by atoms with van der Waals surface area (Å²) in [4.78, 5) is 6.84. The van der Waals surface area contributed by atoms with Gasteiger partial charge >= 0.3 is 0 Å². The van der Waals surface area contributed by atoms with Gasteiger partial charge in [0.05, 0.1) is 13.2 Å². The summed E-state index contributed by atoms with van der Waals surface area (Å²) in [6.07, 6.45) is 3.61. The van der Waals surface area contributed by atoms with Gasteiger partial charge < -0.3 is 20.1 Å². The molecule has 7 heteroatoms. The van der Waals surface area contributed by atoms with Crippen molar-refractivity contribution < 1.29 is 9.47 Å². The van der Waals surface area contributed by atoms with E-state index in [4.69, 9.17) is 9.47 Å². The fourth-order valence-corrected chi connectivity index (χ4v) is 3.64. The molecule has 6 nitrogen and oxygen atoms in total. The van der Waals surface area contributed by atoms with E-state index in [1.807, 2.05) is 19.2 Å². The lowest BCUT2D eigenvalue weighted by Gasteiger charge is -2.25. The summed E-state index contributed by atoms with van der Waals surface area (Å²) in [6, 6.07) is 8.82. The van der Waals surface area contributed by atoms with E-state index in [1.165, 1.54) is 18.4 Å². The molecule has 2 heterocycles. The molecule has 0 saturated carbocycles. The fourth-order valence-electron chi connectivity index (χ4n) is 3.64. The van der Waals surface area contributed by atoms with Gasteiger partial charge in [0.1, 0.15) is 11.9 Å². The van der Waals surface area contributed by atoms with Gasteiger partial charge in [-0.3, -0.25) is 9.89 Å². The van der Waals surface area contributed by atoms with Gasteiger partial charge in [-0.15, -0.1) is 24.0 Å². The number of nitrogens with one attached hydrogen (secondary N) is 2. The number of hydrogen-bond acceptors (Lipinski definition) is 4. The predicted molar refractivity (Wildman–Crippen MR) is 116 cm³/mol. The first kappa shape index (κ1) is 21.2. The van der Waals surface area contributed by atoms with Gasteiger partial charge in [0.25, 0.3) is 0 Å². The molecule has 2 atom stereocenters. The van der Waals surface area contributed by atoms with Crippen LogP contribution in [0, 0.1) is 0 Å². The van der Waals surface area contributed by atoms with Crippen molar-refractivity contribution in [3.8, 4) is 5.75 Å². The van der Waals surface area contributed by atoms with Crippen molar-refractivity contribution in [2.45, 2.75) is 31.4 Å². The third kappa shape index (κ3) is 5.72. The molecule has 2 unspecified atom stereocenters. The first-order valence-electron chi connectivity index (χ1n) is 9.22. The third-order valence-electron chi connectivity index (χ3n) is 5.02. The van der Waals surface area contributed by atoms with Crippen LogP contribution >= 0.6 is 24.0 Å². The van der Waals surface area contributed by atoms with Crippen LogP contribution in [0.3, 0.4) is 0 Å². The van der Waals surface area contributed by atoms with E-state index in [9.17, 15) is 0 Å². The molecule has 146 valence electrons. The van der Waals surface area contributed by atoms with Crippen molar-refractivity contribution in [3.63, 3.8) is 0 Å². The number of fused-ring (bicyclic) bond motifs is 1. The number of likely N-dealkylation sites (tertiary alicyclic amines) is 1. The molecule has 0 radical (unpaired) electrons. The Morgan fingerprint density at radius 2 is 2.12 bits per heavy atom. The van der Waals surface area contributed by atoms with E-state index in [0.717, 1.165) is 50.9 Å². The lowest BCUT2D eigenvalue weighted by molar-refractivity contribution is 0.141. The van der Waals surface area contributed by atoms with Crippen molar-refractivity contribution in [1.29, 1.82) is 0 Å². The smallest absolute Gasteiger partial charge is 0.191 e. The maximum Gasteiger partial charge on any atom is 0.191 e. The highest BCUT2D eigenvalue weighted by Crippen LogP contribution is 2.27. The van der Waals surface area contributed by atoms with Crippen molar-refractivity contribution in [2.24, 2.45) is 4.99 Å². The normalized spacial score (nSPS) is 22.5. The summed E-state index contributed by atoms with van der Waals surface area (Å²) < 4.78 is 11.2. The molecule has 0 aromatic heterocycles. The van der Waals surface area contributed by atoms with Crippen LogP contribution in [0.15, 0.2) is 29.3 Å². The summed E-state index contributed by atoms with van der Waals surface area (Å²) in [6.45, 7) is 4.63. The van der Waals surface area contributed by atoms with Crippen molar-refractivity contribution in [2.75, 3.05) is 46.9 Å². The lowest BCUT2D eigenvalue weighted by atomic mass is 10.1. The molecule has 1 aromatic carbocycles. The van der Waals surface area contributed by atoms with Gasteiger partial charge in [0.15, 0.2) is 5.96 Å². The number of ether oxygens (including phenoxy) is 2. The van der Waals surface area contributed by atoms with E-state index in [0.29, 0.717) is 6.04 Å². The highest BCUT2D eigenvalue weighted by atomic mass is 127. The Morgan fingerprint density at radius 1 is 1.31 bits per heavy atom. The maximum absolute atomic E-state index is 5.97. The fraction of sp³-hybridized carbons (Fsp3) is 0.632. The standard InChI is InChI=1S/C19H30N4O2.HI/c1-20-19(21-13-16-7-5-9-23(16)10-11-24-2)22-14-17-12-15-6-3-4-8-18(15)25-17;/h3-4,6,8,16-17H,5,7,9-14H2,1-2H3,(H2,20,21,22);1H. The number of benzene rings is 1. The average Bonchev–Trinajstić information content (AvgIpc) is 3.26. The quantitative estimate of drug-likeness (QED) is 0.359. The first-order valence-corrected chi connectivity index (χ1v) is 9.22. The molecule has 0 bridgehead atoms. The molecule has 0 spiro atoms. The molecule has 2 aliphatic heterocycles. The second kappa shape index (κ2) is 10.9. The van der Waals surface area contributed by atoms with E-state index >= 15 is 0 Å². The molecule has 0 amide bonds. The van der Waals surface area contributed by atoms with Crippen LogP contribution in [0.2, 0.25) is 0 Å². The monoisotopic (exact) mass is 474 g/mol. The molecule has 1 fully saturated rings. The zero-order valence-corrected chi connectivity index (χ0v) is 18.1.